The largest absolute Gasteiger partial charge is 0.394 e. The number of hydrogen-bond donors (Lipinski definition) is 3. The number of carbonyl (C=O) groups is 1. The zero-order valence-corrected chi connectivity index (χ0v) is 11.4. The van der Waals surface area contributed by atoms with Gasteiger partial charge in [0.2, 0.25) is 0 Å². The minimum Gasteiger partial charge on any atom is -0.394 e. The smallest absolute Gasteiger partial charge is 0.315 e. The van der Waals surface area contributed by atoms with E-state index in [2.05, 4.69) is 16.7 Å². The van der Waals surface area contributed by atoms with Crippen LogP contribution in [-0.4, -0.2) is 23.3 Å². The molecule has 0 unspecified atom stereocenters. The Balaban J connectivity index is 1.84. The molecule has 1 aromatic carbocycles. The molecule has 0 bridgehead atoms. The van der Waals surface area contributed by atoms with Crippen molar-refractivity contribution < 1.29 is 9.90 Å². The number of amides is 2. The molecule has 0 saturated heterocycles. The fraction of sp³-hybridized carbons (Fsp3) is 0.533. The first-order valence-corrected chi connectivity index (χ1v) is 6.86. The van der Waals surface area contributed by atoms with Gasteiger partial charge in [0.05, 0.1) is 12.1 Å². The third-order valence-corrected chi connectivity index (χ3v) is 3.78. The van der Waals surface area contributed by atoms with Crippen molar-refractivity contribution in [1.29, 1.82) is 0 Å². The first kappa shape index (κ1) is 13.9. The molecule has 4 nitrogen and oxygen atoms in total. The number of urea groups is 1. The van der Waals surface area contributed by atoms with Crippen LogP contribution in [0.2, 0.25) is 0 Å². The van der Waals surface area contributed by atoms with E-state index in [0.29, 0.717) is 6.54 Å². The van der Waals surface area contributed by atoms with Gasteiger partial charge < -0.3 is 15.7 Å². The maximum absolute atomic E-state index is 11.9. The molecular formula is C15H22N2O2. The van der Waals surface area contributed by atoms with Crippen molar-refractivity contribution in [2.24, 2.45) is 0 Å². The number of aliphatic hydroxyl groups is 1. The summed E-state index contributed by atoms with van der Waals surface area (Å²) in [6.07, 6.45) is 3.86. The molecule has 0 aliphatic heterocycles. The van der Waals surface area contributed by atoms with E-state index >= 15 is 0 Å². The zero-order chi connectivity index (χ0) is 13.7. The van der Waals surface area contributed by atoms with Crippen LogP contribution in [-0.2, 0) is 6.54 Å². The van der Waals surface area contributed by atoms with E-state index in [1.54, 1.807) is 0 Å². The molecular weight excluding hydrogens is 240 g/mol. The highest BCUT2D eigenvalue weighted by molar-refractivity contribution is 5.74. The van der Waals surface area contributed by atoms with Crippen LogP contribution in [0.1, 0.15) is 36.8 Å². The van der Waals surface area contributed by atoms with E-state index < -0.39 is 5.54 Å². The van der Waals surface area contributed by atoms with E-state index in [1.165, 1.54) is 5.56 Å². The van der Waals surface area contributed by atoms with Crippen molar-refractivity contribution >= 4 is 6.03 Å². The van der Waals surface area contributed by atoms with E-state index in [4.69, 9.17) is 0 Å². The molecule has 0 atom stereocenters. The molecule has 4 heteroatoms. The minimum absolute atomic E-state index is 0.0187. The summed E-state index contributed by atoms with van der Waals surface area (Å²) in [5.74, 6) is 0. The third kappa shape index (κ3) is 3.70. The highest BCUT2D eigenvalue weighted by atomic mass is 16.3. The fourth-order valence-electron chi connectivity index (χ4n) is 2.66. The maximum Gasteiger partial charge on any atom is 0.315 e. The first-order chi connectivity index (χ1) is 9.13. The number of benzene rings is 1. The quantitative estimate of drug-likeness (QED) is 0.778. The Kier molecular flexibility index (Phi) is 4.43. The van der Waals surface area contributed by atoms with Crippen molar-refractivity contribution in [1.82, 2.24) is 10.6 Å². The van der Waals surface area contributed by atoms with Crippen LogP contribution in [0.25, 0.3) is 0 Å². The van der Waals surface area contributed by atoms with Crippen molar-refractivity contribution in [3.05, 3.63) is 35.4 Å². The molecule has 0 heterocycles. The van der Waals surface area contributed by atoms with Crippen LogP contribution in [0, 0.1) is 6.92 Å². The summed E-state index contributed by atoms with van der Waals surface area (Å²) in [6.45, 7) is 2.56. The molecule has 1 aliphatic carbocycles. The van der Waals surface area contributed by atoms with Gasteiger partial charge in [-0.1, -0.05) is 42.7 Å². The van der Waals surface area contributed by atoms with Crippen LogP contribution in [0.15, 0.2) is 24.3 Å². The Morgan fingerprint density at radius 3 is 2.74 bits per heavy atom. The highest BCUT2D eigenvalue weighted by Gasteiger charge is 2.34. The minimum atomic E-state index is -0.406. The highest BCUT2D eigenvalue weighted by Crippen LogP contribution is 2.28. The van der Waals surface area contributed by atoms with E-state index in [0.717, 1.165) is 31.2 Å². The van der Waals surface area contributed by atoms with Gasteiger partial charge in [-0.3, -0.25) is 0 Å². The van der Waals surface area contributed by atoms with Gasteiger partial charge in [-0.05, 0) is 25.3 Å². The molecule has 19 heavy (non-hydrogen) atoms. The summed E-state index contributed by atoms with van der Waals surface area (Å²) in [6, 6.07) is 7.86. The van der Waals surface area contributed by atoms with E-state index in [-0.39, 0.29) is 12.6 Å². The lowest BCUT2D eigenvalue weighted by Gasteiger charge is -2.28. The average Bonchev–Trinajstić information content (AvgIpc) is 2.86. The normalized spacial score (nSPS) is 17.2. The Morgan fingerprint density at radius 1 is 1.37 bits per heavy atom. The molecule has 2 rings (SSSR count). The van der Waals surface area contributed by atoms with Gasteiger partial charge in [0.15, 0.2) is 0 Å². The second-order valence-electron chi connectivity index (χ2n) is 5.44. The fourth-order valence-corrected chi connectivity index (χ4v) is 2.66. The summed E-state index contributed by atoms with van der Waals surface area (Å²) in [7, 11) is 0. The SMILES string of the molecule is Cc1cccc(CNC(=O)NC2(CO)CCCC2)c1. The molecule has 0 spiro atoms. The third-order valence-electron chi connectivity index (χ3n) is 3.78. The van der Waals surface area contributed by atoms with Crippen LogP contribution < -0.4 is 10.6 Å². The zero-order valence-electron chi connectivity index (χ0n) is 11.4. The maximum atomic E-state index is 11.9. The number of carbonyl (C=O) groups excluding carboxylic acids is 1. The van der Waals surface area contributed by atoms with Crippen LogP contribution in [0.4, 0.5) is 4.79 Å². The second kappa shape index (κ2) is 6.06. The Labute approximate surface area is 114 Å². The first-order valence-electron chi connectivity index (χ1n) is 6.86. The second-order valence-corrected chi connectivity index (χ2v) is 5.44. The predicted molar refractivity (Wildman–Crippen MR) is 74.8 cm³/mol. The van der Waals surface area contributed by atoms with Gasteiger partial charge in [-0.2, -0.15) is 0 Å². The molecule has 0 aromatic heterocycles. The lowest BCUT2D eigenvalue weighted by Crippen LogP contribution is -2.52. The Bertz CT molecular complexity index is 440. The number of aliphatic hydroxyl groups excluding tert-OH is 1. The number of aryl methyl sites for hydroxylation is 1. The van der Waals surface area contributed by atoms with Crippen molar-refractivity contribution in [3.8, 4) is 0 Å². The molecule has 0 radical (unpaired) electrons. The van der Waals surface area contributed by atoms with E-state index in [1.807, 2.05) is 25.1 Å². The van der Waals surface area contributed by atoms with Gasteiger partial charge in [0.1, 0.15) is 0 Å². The topological polar surface area (TPSA) is 61.4 Å². The monoisotopic (exact) mass is 262 g/mol. The standard InChI is InChI=1S/C15H22N2O2/c1-12-5-4-6-13(9-12)10-16-14(19)17-15(11-18)7-2-3-8-15/h4-6,9,18H,2-3,7-8,10-11H2,1H3,(H2,16,17,19). The molecule has 3 N–H and O–H groups in total. The van der Waals surface area contributed by atoms with Gasteiger partial charge in [0, 0.05) is 6.54 Å². The summed E-state index contributed by atoms with van der Waals surface area (Å²) in [4.78, 5) is 11.9. The predicted octanol–water partition coefficient (Wildman–Crippen LogP) is 2.10. The van der Waals surface area contributed by atoms with Gasteiger partial charge in [0.25, 0.3) is 0 Å². The van der Waals surface area contributed by atoms with Crippen LogP contribution in [0.3, 0.4) is 0 Å². The number of rotatable bonds is 4. The van der Waals surface area contributed by atoms with Gasteiger partial charge in [-0.15, -0.1) is 0 Å². The van der Waals surface area contributed by atoms with Crippen LogP contribution in [0.5, 0.6) is 0 Å². The summed E-state index contributed by atoms with van der Waals surface area (Å²) < 4.78 is 0. The molecule has 1 fully saturated rings. The molecule has 2 amide bonds. The lowest BCUT2D eigenvalue weighted by molar-refractivity contribution is 0.163. The number of nitrogens with one attached hydrogen (secondary N) is 2. The summed E-state index contributed by atoms with van der Waals surface area (Å²) in [5.41, 5.74) is 1.86. The average molecular weight is 262 g/mol. The van der Waals surface area contributed by atoms with Crippen LogP contribution >= 0.6 is 0 Å². The van der Waals surface area contributed by atoms with Crippen molar-refractivity contribution in [3.63, 3.8) is 0 Å². The summed E-state index contributed by atoms with van der Waals surface area (Å²) in [5, 5.41) is 15.2. The Morgan fingerprint density at radius 2 is 2.11 bits per heavy atom. The van der Waals surface area contributed by atoms with Crippen molar-refractivity contribution in [2.45, 2.75) is 44.7 Å². The number of hydrogen-bond acceptors (Lipinski definition) is 2. The molecule has 104 valence electrons. The lowest BCUT2D eigenvalue weighted by atomic mass is 9.99. The molecule has 1 saturated carbocycles. The molecule has 1 aromatic rings. The Hall–Kier alpha value is -1.55. The summed E-state index contributed by atoms with van der Waals surface area (Å²) >= 11 is 0. The van der Waals surface area contributed by atoms with Gasteiger partial charge >= 0.3 is 6.03 Å². The van der Waals surface area contributed by atoms with Crippen molar-refractivity contribution in [2.75, 3.05) is 6.61 Å². The van der Waals surface area contributed by atoms with Gasteiger partial charge in [-0.25, -0.2) is 4.79 Å². The molecule has 1 aliphatic rings. The van der Waals surface area contributed by atoms with E-state index in [9.17, 15) is 9.90 Å².